The lowest BCUT2D eigenvalue weighted by Gasteiger charge is -2.22. The Labute approximate surface area is 137 Å². The number of amides is 1. The topological polar surface area (TPSA) is 84.5 Å². The zero-order chi connectivity index (χ0) is 17.2. The van der Waals surface area contributed by atoms with E-state index in [9.17, 15) is 13.2 Å². The van der Waals surface area contributed by atoms with Crippen molar-refractivity contribution in [1.82, 2.24) is 0 Å². The van der Waals surface area contributed by atoms with Gasteiger partial charge in [0.15, 0.2) is 0 Å². The molecule has 0 aliphatic carbocycles. The normalized spacial score (nSPS) is 21.4. The molecular formula is C16H24N2O4S. The van der Waals surface area contributed by atoms with Gasteiger partial charge in [-0.3, -0.25) is 9.52 Å². The van der Waals surface area contributed by atoms with E-state index in [2.05, 4.69) is 10.0 Å². The maximum absolute atomic E-state index is 12.6. The number of carbonyl (C=O) groups excluding carboxylic acids is 1. The fraction of sp³-hybridized carbons (Fsp3) is 0.562. The van der Waals surface area contributed by atoms with E-state index in [0.29, 0.717) is 24.4 Å². The Morgan fingerprint density at radius 2 is 2.00 bits per heavy atom. The summed E-state index contributed by atoms with van der Waals surface area (Å²) in [5.41, 5.74) is 1.77. The van der Waals surface area contributed by atoms with Gasteiger partial charge in [0, 0.05) is 6.61 Å². The van der Waals surface area contributed by atoms with Crippen molar-refractivity contribution >= 4 is 27.3 Å². The molecular weight excluding hydrogens is 316 g/mol. The summed E-state index contributed by atoms with van der Waals surface area (Å²) >= 11 is 0. The lowest BCUT2D eigenvalue weighted by Crippen LogP contribution is -2.33. The van der Waals surface area contributed by atoms with Crippen molar-refractivity contribution in [3.8, 4) is 0 Å². The number of benzene rings is 1. The SMILES string of the molecule is Cc1ccc(NS(C)(=O)=O)c(NC(=O)C2CCOC2C(C)C)c1. The number of sulfonamides is 1. The van der Waals surface area contributed by atoms with Crippen molar-refractivity contribution in [3.63, 3.8) is 0 Å². The minimum absolute atomic E-state index is 0.105. The van der Waals surface area contributed by atoms with Gasteiger partial charge in [0.05, 0.1) is 29.7 Å². The molecule has 23 heavy (non-hydrogen) atoms. The molecule has 1 aromatic rings. The molecule has 2 N–H and O–H groups in total. The third-order valence-corrected chi connectivity index (χ3v) is 4.45. The van der Waals surface area contributed by atoms with Crippen molar-refractivity contribution in [3.05, 3.63) is 23.8 Å². The summed E-state index contributed by atoms with van der Waals surface area (Å²) in [6.07, 6.45) is 1.65. The van der Waals surface area contributed by atoms with Crippen LogP contribution in [0.5, 0.6) is 0 Å². The predicted octanol–water partition coefficient (Wildman–Crippen LogP) is 2.37. The second kappa shape index (κ2) is 6.88. The largest absolute Gasteiger partial charge is 0.377 e. The van der Waals surface area contributed by atoms with E-state index < -0.39 is 10.0 Å². The van der Waals surface area contributed by atoms with Gasteiger partial charge in [-0.05, 0) is 37.0 Å². The van der Waals surface area contributed by atoms with E-state index in [1.54, 1.807) is 18.2 Å². The maximum Gasteiger partial charge on any atom is 0.230 e. The summed E-state index contributed by atoms with van der Waals surface area (Å²) in [4.78, 5) is 12.6. The van der Waals surface area contributed by atoms with Gasteiger partial charge in [-0.25, -0.2) is 8.42 Å². The summed E-state index contributed by atoms with van der Waals surface area (Å²) in [5.74, 6) is -0.107. The Morgan fingerprint density at radius 3 is 2.61 bits per heavy atom. The van der Waals surface area contributed by atoms with Crippen LogP contribution in [0.3, 0.4) is 0 Å². The number of anilines is 2. The number of hydrogen-bond donors (Lipinski definition) is 2. The zero-order valence-corrected chi connectivity index (χ0v) is 14.7. The molecule has 1 aromatic carbocycles. The van der Waals surface area contributed by atoms with Crippen LogP contribution in [-0.2, 0) is 19.6 Å². The van der Waals surface area contributed by atoms with Gasteiger partial charge in [-0.15, -0.1) is 0 Å². The molecule has 0 aromatic heterocycles. The van der Waals surface area contributed by atoms with E-state index in [0.717, 1.165) is 11.8 Å². The van der Waals surface area contributed by atoms with Crippen molar-refractivity contribution in [2.75, 3.05) is 22.9 Å². The van der Waals surface area contributed by atoms with Crippen molar-refractivity contribution in [2.45, 2.75) is 33.3 Å². The van der Waals surface area contributed by atoms with E-state index >= 15 is 0 Å². The molecule has 1 aliphatic heterocycles. The highest BCUT2D eigenvalue weighted by Gasteiger charge is 2.36. The zero-order valence-electron chi connectivity index (χ0n) is 13.9. The van der Waals surface area contributed by atoms with Gasteiger partial charge in [-0.1, -0.05) is 19.9 Å². The Kier molecular flexibility index (Phi) is 5.31. The Hall–Kier alpha value is -1.60. The number of rotatable bonds is 5. The molecule has 6 nitrogen and oxygen atoms in total. The fourth-order valence-electron chi connectivity index (χ4n) is 2.82. The first kappa shape index (κ1) is 17.7. The molecule has 128 valence electrons. The van der Waals surface area contributed by atoms with Crippen LogP contribution in [0.4, 0.5) is 11.4 Å². The van der Waals surface area contributed by atoms with Crippen LogP contribution in [-0.4, -0.2) is 33.3 Å². The first-order chi connectivity index (χ1) is 10.7. The minimum atomic E-state index is -3.42. The maximum atomic E-state index is 12.6. The molecule has 1 saturated heterocycles. The molecule has 0 bridgehead atoms. The Balaban J connectivity index is 2.22. The summed E-state index contributed by atoms with van der Waals surface area (Å²) in [7, 11) is -3.42. The highest BCUT2D eigenvalue weighted by molar-refractivity contribution is 7.92. The van der Waals surface area contributed by atoms with E-state index in [-0.39, 0.29) is 23.8 Å². The van der Waals surface area contributed by atoms with Crippen LogP contribution in [0.1, 0.15) is 25.8 Å². The highest BCUT2D eigenvalue weighted by Crippen LogP contribution is 2.30. The van der Waals surface area contributed by atoms with Crippen LogP contribution < -0.4 is 10.0 Å². The third-order valence-electron chi connectivity index (χ3n) is 3.86. The molecule has 1 fully saturated rings. The molecule has 2 unspecified atom stereocenters. The summed E-state index contributed by atoms with van der Waals surface area (Å²) in [6, 6.07) is 5.20. The molecule has 0 spiro atoms. The van der Waals surface area contributed by atoms with Gasteiger partial charge >= 0.3 is 0 Å². The predicted molar refractivity (Wildman–Crippen MR) is 91.0 cm³/mol. The van der Waals surface area contributed by atoms with Crippen molar-refractivity contribution in [1.29, 1.82) is 0 Å². The van der Waals surface area contributed by atoms with E-state index in [1.165, 1.54) is 0 Å². The number of ether oxygens (including phenoxy) is 1. The smallest absolute Gasteiger partial charge is 0.230 e. The highest BCUT2D eigenvalue weighted by atomic mass is 32.2. The first-order valence-electron chi connectivity index (χ1n) is 7.68. The molecule has 1 aliphatic rings. The van der Waals surface area contributed by atoms with Crippen LogP contribution >= 0.6 is 0 Å². The third kappa shape index (κ3) is 4.68. The fourth-order valence-corrected chi connectivity index (χ4v) is 3.40. The molecule has 1 amide bonds. The van der Waals surface area contributed by atoms with Gasteiger partial charge in [0.25, 0.3) is 0 Å². The van der Waals surface area contributed by atoms with Crippen LogP contribution in [0.25, 0.3) is 0 Å². The average molecular weight is 340 g/mol. The number of carbonyl (C=O) groups is 1. The molecule has 0 radical (unpaired) electrons. The summed E-state index contributed by atoms with van der Waals surface area (Å²) < 4.78 is 31.0. The number of hydrogen-bond acceptors (Lipinski definition) is 4. The van der Waals surface area contributed by atoms with Gasteiger partial charge in [0.1, 0.15) is 0 Å². The first-order valence-corrected chi connectivity index (χ1v) is 9.57. The molecule has 2 atom stereocenters. The Bertz CT molecular complexity index is 685. The number of nitrogens with one attached hydrogen (secondary N) is 2. The molecule has 7 heteroatoms. The van der Waals surface area contributed by atoms with Crippen molar-refractivity contribution in [2.24, 2.45) is 11.8 Å². The average Bonchev–Trinajstić information content (AvgIpc) is 2.90. The van der Waals surface area contributed by atoms with Gasteiger partial charge < -0.3 is 10.1 Å². The molecule has 0 saturated carbocycles. The molecule has 2 rings (SSSR count). The second-order valence-corrected chi connectivity index (χ2v) is 8.14. The van der Waals surface area contributed by atoms with Gasteiger partial charge in [0.2, 0.25) is 15.9 Å². The van der Waals surface area contributed by atoms with Gasteiger partial charge in [-0.2, -0.15) is 0 Å². The standard InChI is InChI=1S/C16H24N2O4S/c1-10(2)15-12(7-8-22-15)16(19)17-14-9-11(3)5-6-13(14)18-23(4,20)21/h5-6,9-10,12,15,18H,7-8H2,1-4H3,(H,17,19). The minimum Gasteiger partial charge on any atom is -0.377 e. The lowest BCUT2D eigenvalue weighted by molar-refractivity contribution is -0.122. The Morgan fingerprint density at radius 1 is 1.30 bits per heavy atom. The van der Waals surface area contributed by atoms with Crippen molar-refractivity contribution < 1.29 is 17.9 Å². The summed E-state index contributed by atoms with van der Waals surface area (Å²) in [5, 5.41) is 2.85. The monoisotopic (exact) mass is 340 g/mol. The summed E-state index contributed by atoms with van der Waals surface area (Å²) in [6.45, 7) is 6.51. The lowest BCUT2D eigenvalue weighted by atomic mass is 9.92. The van der Waals surface area contributed by atoms with Crippen LogP contribution in [0.2, 0.25) is 0 Å². The van der Waals surface area contributed by atoms with Crippen LogP contribution in [0.15, 0.2) is 18.2 Å². The number of aryl methyl sites for hydroxylation is 1. The quantitative estimate of drug-likeness (QED) is 0.862. The second-order valence-electron chi connectivity index (χ2n) is 6.39. The van der Waals surface area contributed by atoms with Crippen LogP contribution in [0, 0.1) is 18.8 Å². The van der Waals surface area contributed by atoms with E-state index in [4.69, 9.17) is 4.74 Å². The van der Waals surface area contributed by atoms with E-state index in [1.807, 2.05) is 20.8 Å². The molecule has 1 heterocycles.